The van der Waals surface area contributed by atoms with Crippen molar-refractivity contribution in [1.29, 1.82) is 0 Å². The van der Waals surface area contributed by atoms with Crippen molar-refractivity contribution < 1.29 is 4.79 Å². The number of hydrogen-bond donors (Lipinski definition) is 1. The molecule has 0 fully saturated rings. The summed E-state index contributed by atoms with van der Waals surface area (Å²) in [5.41, 5.74) is 5.24. The van der Waals surface area contributed by atoms with Gasteiger partial charge in [-0.25, -0.2) is 9.50 Å². The predicted molar refractivity (Wildman–Crippen MR) is 97.5 cm³/mol. The van der Waals surface area contributed by atoms with E-state index in [1.54, 1.807) is 10.7 Å². The van der Waals surface area contributed by atoms with Crippen LogP contribution in [-0.4, -0.2) is 39.5 Å². The van der Waals surface area contributed by atoms with Gasteiger partial charge in [0, 0.05) is 24.5 Å². The van der Waals surface area contributed by atoms with E-state index in [2.05, 4.69) is 26.4 Å². The zero-order chi connectivity index (χ0) is 18.0. The molecule has 1 amide bonds. The quantitative estimate of drug-likeness (QED) is 0.776. The summed E-state index contributed by atoms with van der Waals surface area (Å²) >= 11 is 0. The molecular weight excluding hydrogens is 314 g/mol. The highest BCUT2D eigenvalue weighted by Gasteiger charge is 2.15. The van der Waals surface area contributed by atoms with Crippen LogP contribution in [0.2, 0.25) is 0 Å². The zero-order valence-electron chi connectivity index (χ0n) is 15.1. The predicted octanol–water partition coefficient (Wildman–Crippen LogP) is 2.34. The lowest BCUT2D eigenvalue weighted by Crippen LogP contribution is -2.24. The van der Waals surface area contributed by atoms with E-state index < -0.39 is 0 Å². The third kappa shape index (κ3) is 3.69. The maximum absolute atomic E-state index is 12.6. The highest BCUT2D eigenvalue weighted by molar-refractivity contribution is 5.99. The minimum atomic E-state index is -0.160. The van der Waals surface area contributed by atoms with Crippen molar-refractivity contribution in [1.82, 2.24) is 24.8 Å². The molecule has 3 rings (SSSR count). The lowest BCUT2D eigenvalue weighted by atomic mass is 10.1. The minimum absolute atomic E-state index is 0.160. The number of nitrogens with zero attached hydrogens (tertiary/aromatic N) is 4. The summed E-state index contributed by atoms with van der Waals surface area (Å²) in [7, 11) is 4.06. The zero-order valence-corrected chi connectivity index (χ0v) is 15.1. The second-order valence-corrected chi connectivity index (χ2v) is 6.52. The number of carbonyl (C=O) groups excluding carboxylic acids is 1. The molecule has 0 spiro atoms. The molecule has 0 saturated carbocycles. The van der Waals surface area contributed by atoms with Gasteiger partial charge in [-0.05, 0) is 45.1 Å². The van der Waals surface area contributed by atoms with Gasteiger partial charge in [-0.1, -0.05) is 24.3 Å². The van der Waals surface area contributed by atoms with E-state index in [1.807, 2.05) is 52.2 Å². The van der Waals surface area contributed by atoms with Gasteiger partial charge in [0.1, 0.15) is 5.56 Å². The van der Waals surface area contributed by atoms with Crippen molar-refractivity contribution in [3.8, 4) is 0 Å². The average molecular weight is 337 g/mol. The van der Waals surface area contributed by atoms with Gasteiger partial charge in [0.05, 0.1) is 6.20 Å². The molecule has 0 radical (unpaired) electrons. The molecule has 6 nitrogen and oxygen atoms in total. The summed E-state index contributed by atoms with van der Waals surface area (Å²) < 4.78 is 1.70. The maximum atomic E-state index is 12.6. The molecule has 0 aliphatic rings. The summed E-state index contributed by atoms with van der Waals surface area (Å²) in [6, 6.07) is 10.1. The Morgan fingerprint density at radius 1 is 1.20 bits per heavy atom. The first-order chi connectivity index (χ1) is 12.0. The number of nitrogens with one attached hydrogen (secondary N) is 1. The highest BCUT2D eigenvalue weighted by atomic mass is 16.1. The van der Waals surface area contributed by atoms with Gasteiger partial charge >= 0.3 is 0 Å². The van der Waals surface area contributed by atoms with Crippen molar-refractivity contribution in [3.05, 3.63) is 64.6 Å². The van der Waals surface area contributed by atoms with Crippen LogP contribution in [0.3, 0.4) is 0 Å². The number of aryl methyl sites for hydroxylation is 2. The first-order valence-corrected chi connectivity index (χ1v) is 8.27. The Balaban J connectivity index is 1.80. The van der Waals surface area contributed by atoms with Gasteiger partial charge in [0.2, 0.25) is 0 Å². The molecule has 0 unspecified atom stereocenters. The fourth-order valence-electron chi connectivity index (χ4n) is 2.93. The SMILES string of the molecule is Cc1cc(C)n2ncc(C(=O)NCc3ccccc3CN(C)C)c2n1. The van der Waals surface area contributed by atoms with Gasteiger partial charge in [-0.15, -0.1) is 0 Å². The lowest BCUT2D eigenvalue weighted by molar-refractivity contribution is 0.0952. The Bertz CT molecular complexity index is 913. The Morgan fingerprint density at radius 3 is 2.64 bits per heavy atom. The topological polar surface area (TPSA) is 62.5 Å². The second-order valence-electron chi connectivity index (χ2n) is 6.52. The van der Waals surface area contributed by atoms with E-state index in [9.17, 15) is 4.79 Å². The van der Waals surface area contributed by atoms with Crippen LogP contribution in [0, 0.1) is 13.8 Å². The van der Waals surface area contributed by atoms with Crippen LogP contribution in [0.5, 0.6) is 0 Å². The number of carbonyl (C=O) groups is 1. The van der Waals surface area contributed by atoms with Crippen molar-refractivity contribution in [2.45, 2.75) is 26.9 Å². The van der Waals surface area contributed by atoms with Crippen molar-refractivity contribution in [3.63, 3.8) is 0 Å². The van der Waals surface area contributed by atoms with Crippen LogP contribution in [0.15, 0.2) is 36.5 Å². The number of amides is 1. The first-order valence-electron chi connectivity index (χ1n) is 8.27. The first kappa shape index (κ1) is 17.1. The molecule has 2 heterocycles. The van der Waals surface area contributed by atoms with E-state index in [4.69, 9.17) is 0 Å². The smallest absolute Gasteiger partial charge is 0.257 e. The van der Waals surface area contributed by atoms with Crippen LogP contribution in [-0.2, 0) is 13.1 Å². The Morgan fingerprint density at radius 2 is 1.92 bits per heavy atom. The molecule has 1 aromatic carbocycles. The monoisotopic (exact) mass is 337 g/mol. The molecule has 6 heteroatoms. The molecule has 0 aliphatic carbocycles. The fraction of sp³-hybridized carbons (Fsp3) is 0.316. The molecule has 0 saturated heterocycles. The summed E-state index contributed by atoms with van der Waals surface area (Å²) in [6.07, 6.45) is 1.58. The summed E-state index contributed by atoms with van der Waals surface area (Å²) in [4.78, 5) is 19.2. The standard InChI is InChI=1S/C19H23N5O/c1-13-9-14(2)24-18(22-13)17(11-21-24)19(25)20-10-15-7-5-6-8-16(15)12-23(3)4/h5-9,11H,10,12H2,1-4H3,(H,20,25). The van der Waals surface area contributed by atoms with Crippen molar-refractivity contribution >= 4 is 11.6 Å². The Kier molecular flexibility index (Phi) is 4.81. The van der Waals surface area contributed by atoms with Gasteiger partial charge < -0.3 is 10.2 Å². The molecule has 0 aliphatic heterocycles. The minimum Gasteiger partial charge on any atom is -0.348 e. The Labute approximate surface area is 147 Å². The maximum Gasteiger partial charge on any atom is 0.257 e. The largest absolute Gasteiger partial charge is 0.348 e. The van der Waals surface area contributed by atoms with Gasteiger partial charge in [-0.3, -0.25) is 4.79 Å². The molecule has 3 aromatic rings. The lowest BCUT2D eigenvalue weighted by Gasteiger charge is -2.14. The van der Waals surface area contributed by atoms with Crippen LogP contribution in [0.1, 0.15) is 32.9 Å². The number of fused-ring (bicyclic) bond motifs is 1. The van der Waals surface area contributed by atoms with Crippen molar-refractivity contribution in [2.75, 3.05) is 14.1 Å². The van der Waals surface area contributed by atoms with Gasteiger partial charge in [0.25, 0.3) is 5.91 Å². The van der Waals surface area contributed by atoms with Crippen LogP contribution < -0.4 is 5.32 Å². The fourth-order valence-corrected chi connectivity index (χ4v) is 2.93. The molecule has 2 aromatic heterocycles. The number of benzene rings is 1. The van der Waals surface area contributed by atoms with E-state index in [-0.39, 0.29) is 5.91 Å². The average Bonchev–Trinajstić information content (AvgIpc) is 2.97. The van der Waals surface area contributed by atoms with Crippen molar-refractivity contribution in [2.24, 2.45) is 0 Å². The molecule has 0 atom stereocenters. The van der Waals surface area contributed by atoms with Crippen LogP contribution >= 0.6 is 0 Å². The second kappa shape index (κ2) is 7.03. The normalized spacial score (nSPS) is 11.2. The van der Waals surface area contributed by atoms with Gasteiger partial charge in [0.15, 0.2) is 5.65 Å². The molecule has 0 bridgehead atoms. The Hall–Kier alpha value is -2.73. The van der Waals surface area contributed by atoms with E-state index in [0.29, 0.717) is 17.8 Å². The summed E-state index contributed by atoms with van der Waals surface area (Å²) in [5, 5.41) is 7.27. The van der Waals surface area contributed by atoms with Gasteiger partial charge in [-0.2, -0.15) is 5.10 Å². The van der Waals surface area contributed by atoms with E-state index in [1.165, 1.54) is 5.56 Å². The summed E-state index contributed by atoms with van der Waals surface area (Å²) in [6.45, 7) is 5.18. The third-order valence-corrected chi connectivity index (χ3v) is 4.07. The third-order valence-electron chi connectivity index (χ3n) is 4.07. The van der Waals surface area contributed by atoms with Crippen LogP contribution in [0.4, 0.5) is 0 Å². The number of rotatable bonds is 5. The summed E-state index contributed by atoms with van der Waals surface area (Å²) in [5.74, 6) is -0.160. The van der Waals surface area contributed by atoms with Crippen LogP contribution in [0.25, 0.3) is 5.65 Å². The molecule has 25 heavy (non-hydrogen) atoms. The van der Waals surface area contributed by atoms with E-state index in [0.717, 1.165) is 23.5 Å². The molecule has 1 N–H and O–H groups in total. The highest BCUT2D eigenvalue weighted by Crippen LogP contribution is 2.13. The number of hydrogen-bond acceptors (Lipinski definition) is 4. The molecule has 130 valence electrons. The van der Waals surface area contributed by atoms with E-state index >= 15 is 0 Å². The number of aromatic nitrogens is 3. The molecular formula is C19H23N5O.